The van der Waals surface area contributed by atoms with E-state index in [1.165, 1.54) is 18.2 Å². The van der Waals surface area contributed by atoms with Gasteiger partial charge in [0, 0.05) is 23.6 Å². The second-order valence-electron chi connectivity index (χ2n) is 4.50. The van der Waals surface area contributed by atoms with Gasteiger partial charge in [-0.15, -0.1) is 0 Å². The molecule has 5 heteroatoms. The Balaban J connectivity index is 2.30. The van der Waals surface area contributed by atoms with Crippen LogP contribution in [0.2, 0.25) is 0 Å². The predicted molar refractivity (Wildman–Crippen MR) is 72.3 cm³/mol. The summed E-state index contributed by atoms with van der Waals surface area (Å²) >= 11 is 0. The van der Waals surface area contributed by atoms with Crippen molar-refractivity contribution in [1.82, 2.24) is 0 Å². The van der Waals surface area contributed by atoms with Crippen LogP contribution in [0.3, 0.4) is 0 Å². The Morgan fingerprint density at radius 1 is 1.25 bits per heavy atom. The summed E-state index contributed by atoms with van der Waals surface area (Å²) in [5, 5.41) is 10.9. The summed E-state index contributed by atoms with van der Waals surface area (Å²) < 4.78 is 13.3. The highest BCUT2D eigenvalue weighted by Crippen LogP contribution is 2.20. The Morgan fingerprint density at radius 2 is 1.95 bits per heavy atom. The minimum atomic E-state index is -0.528. The molecule has 0 unspecified atom stereocenters. The lowest BCUT2D eigenvalue weighted by molar-refractivity contribution is -0.385. The number of benzene rings is 2. The Bertz CT molecular complexity index is 662. The van der Waals surface area contributed by atoms with Crippen LogP contribution in [0, 0.1) is 22.9 Å². The van der Waals surface area contributed by atoms with Gasteiger partial charge >= 0.3 is 0 Å². The van der Waals surface area contributed by atoms with Crippen molar-refractivity contribution in [3.05, 3.63) is 75.1 Å². The summed E-state index contributed by atoms with van der Waals surface area (Å²) in [5.41, 5.74) is 1.08. The van der Waals surface area contributed by atoms with E-state index in [1.54, 1.807) is 25.1 Å². The number of ketones is 1. The highest BCUT2D eigenvalue weighted by molar-refractivity contribution is 5.98. The number of rotatable bonds is 4. The molecule has 0 aliphatic carbocycles. The maximum atomic E-state index is 13.3. The van der Waals surface area contributed by atoms with Crippen molar-refractivity contribution in [3.8, 4) is 0 Å². The highest BCUT2D eigenvalue weighted by Gasteiger charge is 2.17. The van der Waals surface area contributed by atoms with E-state index < -0.39 is 10.7 Å². The number of nitro benzene ring substituents is 1. The monoisotopic (exact) mass is 273 g/mol. The van der Waals surface area contributed by atoms with Gasteiger partial charge < -0.3 is 0 Å². The summed E-state index contributed by atoms with van der Waals surface area (Å²) in [6.07, 6.45) is -0.125. The fourth-order valence-electron chi connectivity index (χ4n) is 2.01. The summed E-state index contributed by atoms with van der Waals surface area (Å²) in [7, 11) is 0. The number of para-hydroxylation sites is 1. The molecule has 2 rings (SSSR count). The highest BCUT2D eigenvalue weighted by atomic mass is 19.1. The molecule has 0 bridgehead atoms. The van der Waals surface area contributed by atoms with Crippen molar-refractivity contribution in [3.63, 3.8) is 0 Å². The molecule has 102 valence electrons. The van der Waals surface area contributed by atoms with Crippen LogP contribution in [-0.4, -0.2) is 10.7 Å². The molecule has 0 atom stereocenters. The van der Waals surface area contributed by atoms with Crippen LogP contribution < -0.4 is 0 Å². The van der Waals surface area contributed by atoms with Crippen LogP contribution >= 0.6 is 0 Å². The first-order valence-electron chi connectivity index (χ1n) is 6.00. The molecule has 0 N–H and O–H groups in total. The molecule has 2 aromatic rings. The first-order valence-corrected chi connectivity index (χ1v) is 6.00. The van der Waals surface area contributed by atoms with Crippen molar-refractivity contribution in [1.29, 1.82) is 0 Å². The van der Waals surface area contributed by atoms with Crippen LogP contribution in [0.4, 0.5) is 10.1 Å². The predicted octanol–water partition coefficient (Wildman–Crippen LogP) is 3.47. The van der Waals surface area contributed by atoms with Crippen LogP contribution in [0.25, 0.3) is 0 Å². The molecule has 4 nitrogen and oxygen atoms in total. The lowest BCUT2D eigenvalue weighted by atomic mass is 10.0. The van der Waals surface area contributed by atoms with Gasteiger partial charge in [0.2, 0.25) is 0 Å². The van der Waals surface area contributed by atoms with E-state index in [1.807, 2.05) is 0 Å². The van der Waals surface area contributed by atoms with Crippen LogP contribution in [-0.2, 0) is 6.42 Å². The van der Waals surface area contributed by atoms with Crippen molar-refractivity contribution >= 4 is 11.5 Å². The number of hydrogen-bond donors (Lipinski definition) is 0. The van der Waals surface area contributed by atoms with Gasteiger partial charge in [-0.2, -0.15) is 0 Å². The van der Waals surface area contributed by atoms with Crippen LogP contribution in [0.5, 0.6) is 0 Å². The smallest absolute Gasteiger partial charge is 0.273 e. The zero-order valence-electron chi connectivity index (χ0n) is 10.8. The average Bonchev–Trinajstić information content (AvgIpc) is 2.37. The fourth-order valence-corrected chi connectivity index (χ4v) is 2.01. The minimum absolute atomic E-state index is 0.103. The molecule has 20 heavy (non-hydrogen) atoms. The number of nitrogens with zero attached hydrogens (tertiary/aromatic N) is 1. The lowest BCUT2D eigenvalue weighted by Crippen LogP contribution is -2.06. The van der Waals surface area contributed by atoms with E-state index in [4.69, 9.17) is 0 Å². The number of carbonyl (C=O) groups is 1. The number of hydrogen-bond acceptors (Lipinski definition) is 3. The van der Waals surface area contributed by atoms with E-state index in [0.29, 0.717) is 11.1 Å². The van der Waals surface area contributed by atoms with Crippen LogP contribution in [0.1, 0.15) is 21.5 Å². The van der Waals surface area contributed by atoms with Gasteiger partial charge in [0.1, 0.15) is 5.82 Å². The largest absolute Gasteiger partial charge is 0.294 e. The molecule has 0 aliphatic heterocycles. The lowest BCUT2D eigenvalue weighted by Gasteiger charge is -2.04. The topological polar surface area (TPSA) is 60.2 Å². The number of halogens is 1. The van der Waals surface area contributed by atoms with Gasteiger partial charge in [-0.3, -0.25) is 14.9 Å². The second kappa shape index (κ2) is 5.61. The van der Waals surface area contributed by atoms with Gasteiger partial charge in [-0.05, 0) is 30.7 Å². The average molecular weight is 273 g/mol. The van der Waals surface area contributed by atoms with Gasteiger partial charge in [-0.25, -0.2) is 4.39 Å². The molecule has 0 saturated heterocycles. The molecule has 0 aliphatic rings. The fraction of sp³-hybridized carbons (Fsp3) is 0.133. The summed E-state index contributed by atoms with van der Waals surface area (Å²) in [4.78, 5) is 22.5. The minimum Gasteiger partial charge on any atom is -0.294 e. The Labute approximate surface area is 115 Å². The van der Waals surface area contributed by atoms with E-state index in [2.05, 4.69) is 0 Å². The Morgan fingerprint density at radius 3 is 2.60 bits per heavy atom. The van der Waals surface area contributed by atoms with Gasteiger partial charge in [0.05, 0.1) is 4.92 Å². The van der Waals surface area contributed by atoms with Crippen LogP contribution in [0.15, 0.2) is 42.5 Å². The van der Waals surface area contributed by atoms with Crippen molar-refractivity contribution < 1.29 is 14.1 Å². The van der Waals surface area contributed by atoms with E-state index in [0.717, 1.165) is 6.07 Å². The van der Waals surface area contributed by atoms with Gasteiger partial charge in [0.25, 0.3) is 5.69 Å². The molecular formula is C15H12FNO3. The van der Waals surface area contributed by atoms with Crippen molar-refractivity contribution in [2.24, 2.45) is 0 Å². The third-order valence-electron chi connectivity index (χ3n) is 2.90. The van der Waals surface area contributed by atoms with Gasteiger partial charge in [-0.1, -0.05) is 18.2 Å². The number of nitro groups is 1. The molecule has 0 amide bonds. The third-order valence-corrected chi connectivity index (χ3v) is 2.90. The number of aryl methyl sites for hydroxylation is 1. The zero-order valence-corrected chi connectivity index (χ0v) is 10.8. The number of carbonyl (C=O) groups excluding carboxylic acids is 1. The maximum Gasteiger partial charge on any atom is 0.273 e. The molecule has 0 spiro atoms. The summed E-state index contributed by atoms with van der Waals surface area (Å²) in [6.45, 7) is 1.69. The van der Waals surface area contributed by atoms with E-state index in [9.17, 15) is 19.3 Å². The molecule has 0 heterocycles. The molecule has 0 aromatic heterocycles. The summed E-state index contributed by atoms with van der Waals surface area (Å²) in [5.74, 6) is -0.835. The van der Waals surface area contributed by atoms with Gasteiger partial charge in [0.15, 0.2) is 5.78 Å². The van der Waals surface area contributed by atoms with E-state index >= 15 is 0 Å². The SMILES string of the molecule is Cc1cc(F)cc(C(=O)Cc2ccccc2[N+](=O)[O-])c1. The molecule has 0 radical (unpaired) electrons. The zero-order chi connectivity index (χ0) is 14.7. The second-order valence-corrected chi connectivity index (χ2v) is 4.50. The standard InChI is InChI=1S/C15H12FNO3/c1-10-6-12(8-13(16)7-10)15(18)9-11-4-2-3-5-14(11)17(19)20/h2-8H,9H2,1H3. The number of Topliss-reactive ketones (excluding diaryl/α,β-unsaturated/α-hetero) is 1. The summed E-state index contributed by atoms with van der Waals surface area (Å²) in [6, 6.07) is 10.1. The molecule has 0 fully saturated rings. The quantitative estimate of drug-likeness (QED) is 0.487. The molecular weight excluding hydrogens is 261 g/mol. The van der Waals surface area contributed by atoms with E-state index in [-0.39, 0.29) is 23.5 Å². The normalized spacial score (nSPS) is 10.3. The maximum absolute atomic E-state index is 13.3. The third kappa shape index (κ3) is 3.06. The molecule has 0 saturated carbocycles. The molecule has 2 aromatic carbocycles. The Hall–Kier alpha value is -2.56. The van der Waals surface area contributed by atoms with Crippen molar-refractivity contribution in [2.75, 3.05) is 0 Å². The first-order chi connectivity index (χ1) is 9.47. The first kappa shape index (κ1) is 13.9. The Kier molecular flexibility index (Phi) is 3.89. The van der Waals surface area contributed by atoms with Crippen molar-refractivity contribution in [2.45, 2.75) is 13.3 Å².